The first-order valence-electron chi connectivity index (χ1n) is 9.47. The summed E-state index contributed by atoms with van der Waals surface area (Å²) in [5.41, 5.74) is 1.22. The second kappa shape index (κ2) is 8.69. The second-order valence-electron chi connectivity index (χ2n) is 6.67. The van der Waals surface area contributed by atoms with Crippen molar-refractivity contribution in [2.45, 2.75) is 19.5 Å². The Kier molecular flexibility index (Phi) is 6.01. The molecule has 1 N–H and O–H groups in total. The van der Waals surface area contributed by atoms with E-state index < -0.39 is 6.17 Å². The van der Waals surface area contributed by atoms with Crippen LogP contribution in [0.15, 0.2) is 51.0 Å². The van der Waals surface area contributed by atoms with Crippen LogP contribution in [0.3, 0.4) is 0 Å². The summed E-state index contributed by atoms with van der Waals surface area (Å²) in [7, 11) is 3.22. The molecule has 0 radical (unpaired) electrons. The molecule has 0 saturated carbocycles. The van der Waals surface area contributed by atoms with Crippen LogP contribution in [0.4, 0.5) is 0 Å². The van der Waals surface area contributed by atoms with Crippen molar-refractivity contribution >= 4 is 44.5 Å². The lowest BCUT2D eigenvalue weighted by Crippen LogP contribution is -2.50. The van der Waals surface area contributed by atoms with Gasteiger partial charge in [0.25, 0.3) is 5.91 Å². The van der Waals surface area contributed by atoms with Gasteiger partial charge in [-0.25, -0.2) is 5.01 Å². The fourth-order valence-corrected chi connectivity index (χ4v) is 4.43. The molecule has 0 saturated heterocycles. The summed E-state index contributed by atoms with van der Waals surface area (Å²) >= 11 is 5.01. The summed E-state index contributed by atoms with van der Waals surface area (Å²) in [6.45, 7) is 2.09. The van der Waals surface area contributed by atoms with Crippen LogP contribution in [0, 0.1) is 0 Å². The van der Waals surface area contributed by atoms with Crippen molar-refractivity contribution in [1.82, 2.24) is 10.3 Å². The zero-order valence-corrected chi connectivity index (χ0v) is 19.2. The van der Waals surface area contributed by atoms with Crippen LogP contribution in [-0.2, 0) is 4.79 Å². The summed E-state index contributed by atoms with van der Waals surface area (Å²) in [6, 6.07) is 11.2. The lowest BCUT2D eigenvalue weighted by molar-refractivity contribution is -0.116. The fraction of sp³-hybridized carbons (Fsp3) is 0.286. The topological polar surface area (TPSA) is 75.5 Å². The highest BCUT2D eigenvalue weighted by atomic mass is 79.9. The molecule has 7 nitrogen and oxygen atoms in total. The molecule has 1 amide bonds. The maximum Gasteiger partial charge on any atom is 0.276 e. The monoisotopic (exact) mass is 488 g/mol. The lowest BCUT2D eigenvalue weighted by Gasteiger charge is -2.34. The number of hydrazone groups is 1. The number of amides is 1. The molecule has 0 bridgehead atoms. The average Bonchev–Trinajstić information content (AvgIpc) is 2.76. The third-order valence-corrected chi connectivity index (χ3v) is 6.29. The number of carbonyl (C=O) groups excluding carboxylic acids is 1. The van der Waals surface area contributed by atoms with Crippen molar-refractivity contribution in [3.8, 4) is 11.5 Å². The van der Waals surface area contributed by atoms with Crippen LogP contribution in [0.1, 0.15) is 25.1 Å². The highest BCUT2D eigenvalue weighted by Gasteiger charge is 2.36. The first kappa shape index (κ1) is 20.7. The van der Waals surface area contributed by atoms with Gasteiger partial charge in [-0.15, -0.1) is 5.10 Å². The van der Waals surface area contributed by atoms with Gasteiger partial charge in [-0.3, -0.25) is 15.1 Å². The van der Waals surface area contributed by atoms with Crippen molar-refractivity contribution in [2.24, 2.45) is 10.1 Å². The average molecular weight is 489 g/mol. The number of carbonyl (C=O) groups is 1. The minimum Gasteiger partial charge on any atom is -0.497 e. The Labute approximate surface area is 187 Å². The van der Waals surface area contributed by atoms with E-state index >= 15 is 0 Å². The maximum absolute atomic E-state index is 13.1. The van der Waals surface area contributed by atoms with E-state index in [1.165, 1.54) is 11.8 Å². The number of benzene rings is 2. The van der Waals surface area contributed by atoms with Crippen LogP contribution >= 0.6 is 27.7 Å². The summed E-state index contributed by atoms with van der Waals surface area (Å²) in [6.07, 6.45) is 0.408. The Morgan fingerprint density at radius 3 is 2.77 bits per heavy atom. The smallest absolute Gasteiger partial charge is 0.276 e. The Balaban J connectivity index is 1.96. The van der Waals surface area contributed by atoms with Crippen LogP contribution in [0.2, 0.25) is 0 Å². The number of thioether (sulfide) groups is 1. The second-order valence-corrected chi connectivity index (χ2v) is 8.67. The molecular formula is C21H21BrN4O3S. The first-order chi connectivity index (χ1) is 14.5. The van der Waals surface area contributed by atoms with E-state index in [2.05, 4.69) is 28.2 Å². The number of fused-ring (bicyclic) bond motifs is 2. The van der Waals surface area contributed by atoms with Crippen molar-refractivity contribution in [1.29, 1.82) is 0 Å². The highest BCUT2D eigenvalue weighted by molar-refractivity contribution is 9.10. The molecule has 2 aromatic carbocycles. The third kappa shape index (κ3) is 3.79. The van der Waals surface area contributed by atoms with Crippen LogP contribution in [-0.4, -0.2) is 36.1 Å². The zero-order valence-electron chi connectivity index (χ0n) is 16.8. The first-order valence-corrected chi connectivity index (χ1v) is 11.2. The van der Waals surface area contributed by atoms with Gasteiger partial charge in [0.2, 0.25) is 0 Å². The van der Waals surface area contributed by atoms with E-state index in [0.29, 0.717) is 27.7 Å². The molecular weight excluding hydrogens is 468 g/mol. The molecule has 2 aliphatic heterocycles. The zero-order chi connectivity index (χ0) is 21.3. The number of methoxy groups -OCH3 is 2. The van der Waals surface area contributed by atoms with Gasteiger partial charge >= 0.3 is 0 Å². The van der Waals surface area contributed by atoms with Crippen LogP contribution < -0.4 is 25.4 Å². The quantitative estimate of drug-likeness (QED) is 0.700. The normalized spacial score (nSPS) is 17.4. The van der Waals surface area contributed by atoms with Gasteiger partial charge in [0, 0.05) is 21.0 Å². The molecule has 0 aromatic heterocycles. The molecule has 0 aliphatic carbocycles. The standard InChI is InChI=1S/C21H21BrN4O3S/c1-4-9-30-21-24-20(27)18-14-10-12(22)5-7-16(14)23-19(26(18)25-21)15-11-13(28-2)6-8-17(15)29-3/h5-8,10-11,19H,4,9H2,1-3H3,(H,24,25,27). The predicted molar refractivity (Wildman–Crippen MR) is 121 cm³/mol. The van der Waals surface area contributed by atoms with E-state index in [4.69, 9.17) is 19.6 Å². The molecule has 30 heavy (non-hydrogen) atoms. The Hall–Kier alpha value is -2.52. The van der Waals surface area contributed by atoms with E-state index in [1.807, 2.05) is 36.4 Å². The predicted octanol–water partition coefficient (Wildman–Crippen LogP) is 2.75. The van der Waals surface area contributed by atoms with E-state index in [9.17, 15) is 4.79 Å². The third-order valence-electron chi connectivity index (χ3n) is 4.73. The molecule has 2 aliphatic rings. The molecule has 0 fully saturated rings. The van der Waals surface area contributed by atoms with Gasteiger partial charge in [-0.2, -0.15) is 0 Å². The molecule has 1 atom stereocenters. The fourth-order valence-electron chi connectivity index (χ4n) is 3.36. The van der Waals surface area contributed by atoms with Gasteiger partial charge in [-0.05, 0) is 42.8 Å². The summed E-state index contributed by atoms with van der Waals surface area (Å²) in [5, 5.41) is 11.4. The molecule has 2 heterocycles. The van der Waals surface area contributed by atoms with Gasteiger partial charge in [0.1, 0.15) is 17.2 Å². The minimum atomic E-state index is -0.568. The largest absolute Gasteiger partial charge is 0.497 e. The summed E-state index contributed by atoms with van der Waals surface area (Å²) in [4.78, 5) is 18.1. The van der Waals surface area contributed by atoms with E-state index in [0.717, 1.165) is 27.4 Å². The lowest BCUT2D eigenvalue weighted by atomic mass is 10.1. The molecule has 0 spiro atoms. The number of amidine groups is 1. The van der Waals surface area contributed by atoms with Crippen LogP contribution in [0.5, 0.6) is 11.5 Å². The molecule has 9 heteroatoms. The van der Waals surface area contributed by atoms with Gasteiger partial charge in [0.05, 0.1) is 19.6 Å². The Bertz CT molecular complexity index is 1150. The van der Waals surface area contributed by atoms with E-state index in [-0.39, 0.29) is 5.91 Å². The van der Waals surface area contributed by atoms with Crippen molar-refractivity contribution < 1.29 is 14.3 Å². The van der Waals surface area contributed by atoms with Gasteiger partial charge in [-0.1, -0.05) is 34.6 Å². The molecule has 2 aromatic rings. The number of nitrogens with zero attached hydrogens (tertiary/aromatic N) is 3. The number of ether oxygens (including phenoxy) is 2. The Morgan fingerprint density at radius 1 is 1.20 bits per heavy atom. The highest BCUT2D eigenvalue weighted by Crippen LogP contribution is 2.37. The van der Waals surface area contributed by atoms with Crippen LogP contribution in [0.25, 0.3) is 5.70 Å². The van der Waals surface area contributed by atoms with Crippen molar-refractivity contribution in [2.75, 3.05) is 20.0 Å². The number of hydrogen-bond donors (Lipinski definition) is 1. The number of halogens is 1. The number of rotatable bonds is 5. The molecule has 1 unspecified atom stereocenters. The van der Waals surface area contributed by atoms with Crippen molar-refractivity contribution in [3.05, 3.63) is 57.0 Å². The van der Waals surface area contributed by atoms with Crippen molar-refractivity contribution in [3.63, 3.8) is 0 Å². The molecule has 4 rings (SSSR count). The number of hydrogen-bond acceptors (Lipinski definition) is 7. The summed E-state index contributed by atoms with van der Waals surface area (Å²) < 4.78 is 11.9. The minimum absolute atomic E-state index is 0.204. The maximum atomic E-state index is 13.1. The Morgan fingerprint density at radius 2 is 2.03 bits per heavy atom. The summed E-state index contributed by atoms with van der Waals surface area (Å²) in [5.74, 6) is 1.97. The van der Waals surface area contributed by atoms with Gasteiger partial charge < -0.3 is 9.47 Å². The van der Waals surface area contributed by atoms with Gasteiger partial charge in [0.15, 0.2) is 11.3 Å². The SMILES string of the molecule is CCCSC1=NN2C(=c3cc(Br)ccc3=NC2c2cc(OC)ccc2OC)C(=O)N1. The van der Waals surface area contributed by atoms with E-state index in [1.54, 1.807) is 19.2 Å². The number of nitrogens with one attached hydrogen (secondary N) is 1. The molecule has 156 valence electrons.